The molecule has 1 aromatic heterocycles. The number of aryl methyl sites for hydroxylation is 1. The molecule has 0 aliphatic carbocycles. The van der Waals surface area contributed by atoms with Gasteiger partial charge in [0.15, 0.2) is 5.16 Å². The van der Waals surface area contributed by atoms with E-state index in [1.165, 1.54) is 17.8 Å². The number of rotatable bonds is 5. The number of hydrogen-bond acceptors (Lipinski definition) is 4. The summed E-state index contributed by atoms with van der Waals surface area (Å²) >= 11 is 1.44. The lowest BCUT2D eigenvalue weighted by atomic mass is 10.1. The van der Waals surface area contributed by atoms with E-state index in [2.05, 4.69) is 15.5 Å². The zero-order valence-corrected chi connectivity index (χ0v) is 13.0. The molecule has 0 amide bonds. The van der Waals surface area contributed by atoms with Crippen LogP contribution < -0.4 is 5.32 Å². The lowest BCUT2D eigenvalue weighted by Crippen LogP contribution is -2.19. The molecule has 20 heavy (non-hydrogen) atoms. The minimum atomic E-state index is -0.192. The Hall–Kier alpha value is -1.40. The molecule has 0 bridgehead atoms. The van der Waals surface area contributed by atoms with Crippen molar-refractivity contribution in [1.82, 2.24) is 20.1 Å². The van der Waals surface area contributed by atoms with Gasteiger partial charge in [0.05, 0.1) is 0 Å². The first kappa shape index (κ1) is 15.0. The first-order chi connectivity index (χ1) is 9.54. The summed E-state index contributed by atoms with van der Waals surface area (Å²) in [5.74, 6) is 0.646. The Bertz CT molecular complexity index is 597. The smallest absolute Gasteiger partial charge is 0.195 e. The van der Waals surface area contributed by atoms with Crippen LogP contribution in [0.3, 0.4) is 0 Å². The van der Waals surface area contributed by atoms with Crippen LogP contribution in [0.1, 0.15) is 31.3 Å². The van der Waals surface area contributed by atoms with Gasteiger partial charge in [0, 0.05) is 23.5 Å². The van der Waals surface area contributed by atoms with Crippen LogP contribution in [0.4, 0.5) is 4.39 Å². The molecule has 0 spiro atoms. The molecule has 4 nitrogen and oxygen atoms in total. The second kappa shape index (κ2) is 6.37. The van der Waals surface area contributed by atoms with Crippen molar-refractivity contribution in [1.29, 1.82) is 0 Å². The van der Waals surface area contributed by atoms with Crippen LogP contribution in [0.25, 0.3) is 0 Å². The molecular weight excluding hydrogens is 275 g/mol. The highest BCUT2D eigenvalue weighted by Gasteiger charge is 2.17. The molecule has 0 fully saturated rings. The van der Waals surface area contributed by atoms with Crippen molar-refractivity contribution >= 4 is 11.8 Å². The predicted molar refractivity (Wildman–Crippen MR) is 78.4 cm³/mol. The van der Waals surface area contributed by atoms with Crippen LogP contribution >= 0.6 is 11.8 Å². The van der Waals surface area contributed by atoms with E-state index in [1.54, 1.807) is 6.07 Å². The van der Waals surface area contributed by atoms with Crippen molar-refractivity contribution in [3.63, 3.8) is 0 Å². The summed E-state index contributed by atoms with van der Waals surface area (Å²) in [7, 11) is 1.91. The van der Waals surface area contributed by atoms with Gasteiger partial charge in [0.25, 0.3) is 0 Å². The average molecular weight is 294 g/mol. The fraction of sp³-hybridized carbons (Fsp3) is 0.429. The average Bonchev–Trinajstić information content (AvgIpc) is 2.71. The number of nitrogens with zero attached hydrogens (tertiary/aromatic N) is 3. The third-order valence-corrected chi connectivity index (χ3v) is 4.32. The molecule has 6 heteroatoms. The van der Waals surface area contributed by atoms with Gasteiger partial charge in [-0.3, -0.25) is 0 Å². The van der Waals surface area contributed by atoms with Crippen molar-refractivity contribution in [2.24, 2.45) is 7.05 Å². The van der Waals surface area contributed by atoms with Crippen molar-refractivity contribution < 1.29 is 4.39 Å². The van der Waals surface area contributed by atoms with Crippen LogP contribution in [0.15, 0.2) is 28.3 Å². The maximum Gasteiger partial charge on any atom is 0.195 e. The fourth-order valence-corrected chi connectivity index (χ4v) is 3.09. The highest BCUT2D eigenvalue weighted by Crippen LogP contribution is 2.33. The van der Waals surface area contributed by atoms with Crippen LogP contribution in [0.5, 0.6) is 0 Å². The van der Waals surface area contributed by atoms with Crippen LogP contribution in [0.2, 0.25) is 0 Å². The zero-order chi connectivity index (χ0) is 14.7. The van der Waals surface area contributed by atoms with E-state index in [1.807, 2.05) is 38.5 Å². The first-order valence-electron chi connectivity index (χ1n) is 6.60. The molecule has 1 atom stereocenters. The minimum Gasteiger partial charge on any atom is -0.310 e. The van der Waals surface area contributed by atoms with E-state index in [-0.39, 0.29) is 11.9 Å². The van der Waals surface area contributed by atoms with Gasteiger partial charge in [0.2, 0.25) is 0 Å². The Kier molecular flexibility index (Phi) is 4.77. The lowest BCUT2D eigenvalue weighted by molar-refractivity contribution is 0.531. The van der Waals surface area contributed by atoms with Crippen molar-refractivity contribution in [3.05, 3.63) is 35.4 Å². The fourth-order valence-electron chi connectivity index (χ4n) is 2.01. The third-order valence-electron chi connectivity index (χ3n) is 3.21. The van der Waals surface area contributed by atoms with Crippen LogP contribution in [-0.4, -0.2) is 21.3 Å². The molecule has 2 rings (SSSR count). The lowest BCUT2D eigenvalue weighted by Gasteiger charge is -2.17. The highest BCUT2D eigenvalue weighted by molar-refractivity contribution is 7.99. The second-order valence-corrected chi connectivity index (χ2v) is 5.63. The summed E-state index contributed by atoms with van der Waals surface area (Å²) in [5, 5.41) is 12.2. The number of halogens is 1. The van der Waals surface area contributed by atoms with Crippen molar-refractivity contribution in [2.75, 3.05) is 6.54 Å². The molecule has 0 saturated carbocycles. The normalized spacial score (nSPS) is 12.7. The highest BCUT2D eigenvalue weighted by atomic mass is 32.2. The summed E-state index contributed by atoms with van der Waals surface area (Å²) in [5.41, 5.74) is 0.681. The summed E-state index contributed by atoms with van der Waals surface area (Å²) in [6, 6.07) is 5.09. The number of benzene rings is 1. The largest absolute Gasteiger partial charge is 0.310 e. The maximum atomic E-state index is 14.1. The predicted octanol–water partition coefficient (Wildman–Crippen LogP) is 3.08. The second-order valence-electron chi connectivity index (χ2n) is 4.62. The Balaban J connectivity index is 2.36. The van der Waals surface area contributed by atoms with Crippen LogP contribution in [-0.2, 0) is 7.05 Å². The molecule has 0 saturated heterocycles. The first-order valence-corrected chi connectivity index (χ1v) is 7.41. The molecule has 108 valence electrons. The quantitative estimate of drug-likeness (QED) is 0.920. The SMILES string of the molecule is CCNC(C)c1c(F)cccc1Sc1nnc(C)n1C. The number of aromatic nitrogens is 3. The number of hydrogen-bond donors (Lipinski definition) is 1. The van der Waals surface area contributed by atoms with E-state index in [0.717, 1.165) is 22.4 Å². The molecule has 0 aliphatic heterocycles. The Morgan fingerprint density at radius 3 is 2.75 bits per heavy atom. The number of nitrogens with one attached hydrogen (secondary N) is 1. The summed E-state index contributed by atoms with van der Waals surface area (Å²) in [6.45, 7) is 6.66. The van der Waals surface area contributed by atoms with E-state index >= 15 is 0 Å². The summed E-state index contributed by atoms with van der Waals surface area (Å²) < 4.78 is 16.0. The van der Waals surface area contributed by atoms with Gasteiger partial charge < -0.3 is 9.88 Å². The molecule has 1 N–H and O–H groups in total. The molecule has 2 aromatic rings. The Morgan fingerprint density at radius 1 is 1.40 bits per heavy atom. The van der Waals surface area contributed by atoms with Gasteiger partial charge >= 0.3 is 0 Å². The van der Waals surface area contributed by atoms with E-state index in [0.29, 0.717) is 5.56 Å². The third kappa shape index (κ3) is 3.02. The van der Waals surface area contributed by atoms with E-state index in [4.69, 9.17) is 0 Å². The molecular formula is C14H19FN4S. The van der Waals surface area contributed by atoms with E-state index in [9.17, 15) is 4.39 Å². The van der Waals surface area contributed by atoms with Crippen LogP contribution in [0, 0.1) is 12.7 Å². The van der Waals surface area contributed by atoms with Gasteiger partial charge in [-0.25, -0.2) is 4.39 Å². The summed E-state index contributed by atoms with van der Waals surface area (Å²) in [4.78, 5) is 0.869. The van der Waals surface area contributed by atoms with Gasteiger partial charge in [0.1, 0.15) is 11.6 Å². The molecule has 0 radical (unpaired) electrons. The molecule has 1 heterocycles. The monoisotopic (exact) mass is 294 g/mol. The minimum absolute atomic E-state index is 0.0435. The van der Waals surface area contributed by atoms with Gasteiger partial charge in [-0.05, 0) is 44.3 Å². The molecule has 0 aliphatic rings. The van der Waals surface area contributed by atoms with Crippen molar-refractivity contribution in [3.8, 4) is 0 Å². The Morgan fingerprint density at radius 2 is 2.15 bits per heavy atom. The molecule has 1 unspecified atom stereocenters. The maximum absolute atomic E-state index is 14.1. The van der Waals surface area contributed by atoms with Crippen molar-refractivity contribution in [2.45, 2.75) is 36.9 Å². The standard InChI is InChI=1S/C14H19FN4S/c1-5-16-9(2)13-11(15)7-6-8-12(13)20-14-18-17-10(3)19(14)4/h6-9,16H,5H2,1-4H3. The Labute approximate surface area is 122 Å². The van der Waals surface area contributed by atoms with Gasteiger partial charge in [-0.15, -0.1) is 10.2 Å². The zero-order valence-electron chi connectivity index (χ0n) is 12.1. The topological polar surface area (TPSA) is 42.7 Å². The van der Waals surface area contributed by atoms with E-state index < -0.39 is 0 Å². The summed E-state index contributed by atoms with van der Waals surface area (Å²) in [6.07, 6.45) is 0. The van der Waals surface area contributed by atoms with Gasteiger partial charge in [-0.1, -0.05) is 13.0 Å². The molecule has 1 aromatic carbocycles. The van der Waals surface area contributed by atoms with Gasteiger partial charge in [-0.2, -0.15) is 0 Å².